The minimum absolute atomic E-state index is 0.0731. The summed E-state index contributed by atoms with van der Waals surface area (Å²) >= 11 is 0. The van der Waals surface area contributed by atoms with Crippen LogP contribution in [-0.2, 0) is 0 Å². The summed E-state index contributed by atoms with van der Waals surface area (Å²) < 4.78 is 26.4. The molecular weight excluding hydrogens is 389 g/mol. The molecule has 1 aromatic heterocycles. The number of primary amides is 1. The molecule has 156 valence electrons. The van der Waals surface area contributed by atoms with Crippen molar-refractivity contribution in [3.8, 4) is 17.2 Å². The third kappa shape index (κ3) is 3.71. The lowest BCUT2D eigenvalue weighted by Crippen LogP contribution is -2.19. The van der Waals surface area contributed by atoms with Gasteiger partial charge in [-0.1, -0.05) is 12.1 Å². The lowest BCUT2D eigenvalue weighted by Gasteiger charge is -2.14. The Balaban J connectivity index is 2.03. The molecule has 0 aliphatic carbocycles. The molecule has 0 saturated heterocycles. The number of aryl methyl sites for hydroxylation is 1. The molecule has 3 rings (SSSR count). The average molecular weight is 411 g/mol. The average Bonchev–Trinajstić information content (AvgIpc) is 3.02. The van der Waals surface area contributed by atoms with Crippen LogP contribution < -0.4 is 20.5 Å². The number of amides is 2. The highest BCUT2D eigenvalue weighted by Gasteiger charge is 2.21. The minimum Gasteiger partial charge on any atom is -0.493 e. The van der Waals surface area contributed by atoms with E-state index in [4.69, 9.17) is 15.2 Å². The molecule has 0 aliphatic rings. The van der Waals surface area contributed by atoms with Crippen LogP contribution in [0.4, 0.5) is 10.1 Å². The quantitative estimate of drug-likeness (QED) is 0.648. The van der Waals surface area contributed by atoms with Crippen molar-refractivity contribution < 1.29 is 23.5 Å². The van der Waals surface area contributed by atoms with Crippen molar-refractivity contribution in [1.82, 2.24) is 4.57 Å². The molecule has 30 heavy (non-hydrogen) atoms. The fourth-order valence-electron chi connectivity index (χ4n) is 3.37. The van der Waals surface area contributed by atoms with Crippen LogP contribution in [0, 0.1) is 19.7 Å². The van der Waals surface area contributed by atoms with E-state index in [1.54, 1.807) is 42.7 Å². The Labute approximate surface area is 173 Å². The van der Waals surface area contributed by atoms with Gasteiger partial charge in [0.15, 0.2) is 11.5 Å². The van der Waals surface area contributed by atoms with E-state index in [-0.39, 0.29) is 11.3 Å². The van der Waals surface area contributed by atoms with Gasteiger partial charge in [-0.3, -0.25) is 9.59 Å². The molecule has 1 heterocycles. The predicted molar refractivity (Wildman–Crippen MR) is 111 cm³/mol. The number of rotatable bonds is 6. The molecule has 7 nitrogen and oxygen atoms in total. The summed E-state index contributed by atoms with van der Waals surface area (Å²) in [6.07, 6.45) is 0. The molecule has 2 aromatic carbocycles. The first-order valence-electron chi connectivity index (χ1n) is 9.09. The van der Waals surface area contributed by atoms with E-state index in [9.17, 15) is 14.0 Å². The summed E-state index contributed by atoms with van der Waals surface area (Å²) in [6.45, 7) is 3.50. The number of ether oxygens (including phenoxy) is 2. The van der Waals surface area contributed by atoms with Gasteiger partial charge in [-0.05, 0) is 38.1 Å². The van der Waals surface area contributed by atoms with E-state index < -0.39 is 17.6 Å². The fourth-order valence-corrected chi connectivity index (χ4v) is 3.37. The fraction of sp³-hybridized carbons (Fsp3) is 0.182. The molecule has 0 radical (unpaired) electrons. The van der Waals surface area contributed by atoms with Crippen molar-refractivity contribution in [3.05, 3.63) is 70.8 Å². The van der Waals surface area contributed by atoms with Crippen LogP contribution in [0.2, 0.25) is 0 Å². The highest BCUT2D eigenvalue weighted by Crippen LogP contribution is 2.34. The third-order valence-electron chi connectivity index (χ3n) is 4.81. The maximum Gasteiger partial charge on any atom is 0.257 e. The summed E-state index contributed by atoms with van der Waals surface area (Å²) in [4.78, 5) is 24.9. The van der Waals surface area contributed by atoms with Gasteiger partial charge in [-0.2, -0.15) is 0 Å². The lowest BCUT2D eigenvalue weighted by molar-refractivity contribution is 0.100. The van der Waals surface area contributed by atoms with E-state index in [1.807, 2.05) is 0 Å². The number of halogens is 1. The first-order valence-corrected chi connectivity index (χ1v) is 9.09. The number of aromatic nitrogens is 1. The summed E-state index contributed by atoms with van der Waals surface area (Å²) in [5, 5.41) is 2.70. The first-order chi connectivity index (χ1) is 14.3. The molecule has 8 heteroatoms. The van der Waals surface area contributed by atoms with Crippen LogP contribution in [0.25, 0.3) is 5.69 Å². The Kier molecular flexibility index (Phi) is 5.77. The molecule has 0 atom stereocenters. The SMILES string of the molecule is COc1cc(NC(=O)c2cc(C)n(-c3ccccc3F)c2C)c(C(N)=O)cc1OC. The Morgan fingerprint density at radius 3 is 2.23 bits per heavy atom. The van der Waals surface area contributed by atoms with E-state index in [0.29, 0.717) is 34.1 Å². The largest absolute Gasteiger partial charge is 0.493 e. The van der Waals surface area contributed by atoms with Crippen molar-refractivity contribution in [1.29, 1.82) is 0 Å². The number of nitrogens with two attached hydrogens (primary N) is 1. The number of benzene rings is 2. The van der Waals surface area contributed by atoms with Gasteiger partial charge in [0.25, 0.3) is 11.8 Å². The molecule has 0 spiro atoms. The molecule has 0 bridgehead atoms. The van der Waals surface area contributed by atoms with E-state index in [1.165, 1.54) is 32.4 Å². The zero-order valence-corrected chi connectivity index (χ0v) is 17.1. The predicted octanol–water partition coefficient (Wildman–Crippen LogP) is 3.60. The van der Waals surface area contributed by atoms with Crippen molar-refractivity contribution in [3.63, 3.8) is 0 Å². The number of carbonyl (C=O) groups excluding carboxylic acids is 2. The van der Waals surface area contributed by atoms with Gasteiger partial charge in [0, 0.05) is 17.5 Å². The van der Waals surface area contributed by atoms with Gasteiger partial charge < -0.3 is 25.1 Å². The van der Waals surface area contributed by atoms with Crippen molar-refractivity contribution >= 4 is 17.5 Å². The summed E-state index contributed by atoms with van der Waals surface area (Å²) in [7, 11) is 2.87. The van der Waals surface area contributed by atoms with Gasteiger partial charge in [-0.25, -0.2) is 4.39 Å². The summed E-state index contributed by atoms with van der Waals surface area (Å²) in [6, 6.07) is 10.8. The maximum absolute atomic E-state index is 14.3. The van der Waals surface area contributed by atoms with Crippen LogP contribution in [0.15, 0.2) is 42.5 Å². The monoisotopic (exact) mass is 411 g/mol. The Morgan fingerprint density at radius 2 is 1.63 bits per heavy atom. The van der Waals surface area contributed by atoms with Crippen LogP contribution in [0.3, 0.4) is 0 Å². The second-order valence-corrected chi connectivity index (χ2v) is 6.64. The number of para-hydroxylation sites is 1. The first kappa shape index (κ1) is 20.9. The highest BCUT2D eigenvalue weighted by atomic mass is 19.1. The lowest BCUT2D eigenvalue weighted by atomic mass is 10.1. The number of nitrogens with one attached hydrogen (secondary N) is 1. The van der Waals surface area contributed by atoms with Crippen LogP contribution in [-0.4, -0.2) is 30.6 Å². The molecule has 0 aliphatic heterocycles. The maximum atomic E-state index is 14.3. The number of nitrogens with zero attached hydrogens (tertiary/aromatic N) is 1. The highest BCUT2D eigenvalue weighted by molar-refractivity contribution is 6.09. The standard InChI is InChI=1S/C22H22FN3O4/c1-12-9-14(13(2)26(12)18-8-6-5-7-16(18)23)22(28)25-17-11-20(30-4)19(29-3)10-15(17)21(24)27/h5-11H,1-4H3,(H2,24,27)(H,25,28). The molecule has 0 unspecified atom stereocenters. The molecule has 2 amide bonds. The molecule has 3 N–H and O–H groups in total. The number of hydrogen-bond acceptors (Lipinski definition) is 4. The normalized spacial score (nSPS) is 10.6. The van der Waals surface area contributed by atoms with Crippen molar-refractivity contribution in [2.45, 2.75) is 13.8 Å². The van der Waals surface area contributed by atoms with Crippen LogP contribution >= 0.6 is 0 Å². The van der Waals surface area contributed by atoms with E-state index >= 15 is 0 Å². The van der Waals surface area contributed by atoms with Gasteiger partial charge >= 0.3 is 0 Å². The molecule has 3 aromatic rings. The summed E-state index contributed by atoms with van der Waals surface area (Å²) in [5.41, 5.74) is 7.63. The zero-order valence-electron chi connectivity index (χ0n) is 17.1. The van der Waals surface area contributed by atoms with E-state index in [2.05, 4.69) is 5.32 Å². The third-order valence-corrected chi connectivity index (χ3v) is 4.81. The Hall–Kier alpha value is -3.81. The smallest absolute Gasteiger partial charge is 0.257 e. The number of anilines is 1. The Morgan fingerprint density at radius 1 is 1.00 bits per heavy atom. The minimum atomic E-state index is -0.733. The Bertz CT molecular complexity index is 1140. The number of carbonyl (C=O) groups is 2. The van der Waals surface area contributed by atoms with Crippen molar-refractivity contribution in [2.75, 3.05) is 19.5 Å². The topological polar surface area (TPSA) is 95.6 Å². The second kappa shape index (κ2) is 8.28. The van der Waals surface area contributed by atoms with Gasteiger partial charge in [0.05, 0.1) is 36.7 Å². The summed E-state index contributed by atoms with van der Waals surface area (Å²) in [5.74, 6) is -0.970. The van der Waals surface area contributed by atoms with Gasteiger partial charge in [0.2, 0.25) is 0 Å². The second-order valence-electron chi connectivity index (χ2n) is 6.64. The number of methoxy groups -OCH3 is 2. The van der Waals surface area contributed by atoms with Crippen LogP contribution in [0.5, 0.6) is 11.5 Å². The van der Waals surface area contributed by atoms with Gasteiger partial charge in [0.1, 0.15) is 5.82 Å². The number of hydrogen-bond donors (Lipinski definition) is 2. The van der Waals surface area contributed by atoms with Crippen LogP contribution in [0.1, 0.15) is 32.1 Å². The van der Waals surface area contributed by atoms with Gasteiger partial charge in [-0.15, -0.1) is 0 Å². The zero-order chi connectivity index (χ0) is 22.0. The van der Waals surface area contributed by atoms with Crippen molar-refractivity contribution in [2.24, 2.45) is 5.73 Å². The molecular formula is C22H22FN3O4. The molecule has 0 saturated carbocycles. The molecule has 0 fully saturated rings. The van der Waals surface area contributed by atoms with E-state index in [0.717, 1.165) is 0 Å².